The maximum absolute atomic E-state index is 6.00. The van der Waals surface area contributed by atoms with Crippen molar-refractivity contribution in [2.75, 3.05) is 13.2 Å². The van der Waals surface area contributed by atoms with Crippen molar-refractivity contribution in [3.63, 3.8) is 0 Å². The van der Waals surface area contributed by atoms with Crippen LogP contribution in [0.5, 0.6) is 17.2 Å². The first kappa shape index (κ1) is 15.4. The van der Waals surface area contributed by atoms with Gasteiger partial charge in [-0.3, -0.25) is 0 Å². The van der Waals surface area contributed by atoms with Gasteiger partial charge in [-0.1, -0.05) is 24.6 Å². The Hall–Kier alpha value is -2.00. The summed E-state index contributed by atoms with van der Waals surface area (Å²) in [5.74, 6) is 2.58. The second-order valence-electron chi connectivity index (χ2n) is 4.90. The number of nitrogens with one attached hydrogen (secondary N) is 1. The first-order valence-electron chi connectivity index (χ1n) is 7.44. The molecule has 0 fully saturated rings. The van der Waals surface area contributed by atoms with Crippen LogP contribution in [0.3, 0.4) is 0 Å². The van der Waals surface area contributed by atoms with E-state index in [-0.39, 0.29) is 0 Å². The van der Waals surface area contributed by atoms with Gasteiger partial charge in [-0.05, 0) is 50.7 Å². The standard InChI is InChI=1S/C18H23NO2/c1-4-19-13-15-12-14(3)6-11-18(15)21-17-9-7-16(8-10-17)20-5-2/h6-12,19H,4-5,13H2,1-3H3. The molecule has 0 radical (unpaired) electrons. The Morgan fingerprint density at radius 2 is 1.67 bits per heavy atom. The van der Waals surface area contributed by atoms with E-state index >= 15 is 0 Å². The molecule has 0 saturated carbocycles. The highest BCUT2D eigenvalue weighted by molar-refractivity contribution is 5.41. The van der Waals surface area contributed by atoms with Gasteiger partial charge in [0.25, 0.3) is 0 Å². The first-order valence-corrected chi connectivity index (χ1v) is 7.44. The van der Waals surface area contributed by atoms with Gasteiger partial charge in [0.2, 0.25) is 0 Å². The molecule has 0 atom stereocenters. The van der Waals surface area contributed by atoms with Crippen molar-refractivity contribution >= 4 is 0 Å². The second kappa shape index (κ2) is 7.70. The quantitative estimate of drug-likeness (QED) is 0.823. The summed E-state index contributed by atoms with van der Waals surface area (Å²) in [5, 5.41) is 3.34. The smallest absolute Gasteiger partial charge is 0.131 e. The number of benzene rings is 2. The van der Waals surface area contributed by atoms with E-state index in [4.69, 9.17) is 9.47 Å². The summed E-state index contributed by atoms with van der Waals surface area (Å²) in [6, 6.07) is 14.0. The van der Waals surface area contributed by atoms with Crippen molar-refractivity contribution in [3.05, 3.63) is 53.6 Å². The van der Waals surface area contributed by atoms with E-state index in [0.717, 1.165) is 30.3 Å². The van der Waals surface area contributed by atoms with Gasteiger partial charge >= 0.3 is 0 Å². The number of aryl methyl sites for hydroxylation is 1. The molecule has 0 heterocycles. The molecule has 1 N–H and O–H groups in total. The molecule has 0 spiro atoms. The van der Waals surface area contributed by atoms with E-state index in [2.05, 4.69) is 31.3 Å². The molecular weight excluding hydrogens is 262 g/mol. The minimum Gasteiger partial charge on any atom is -0.494 e. The van der Waals surface area contributed by atoms with Gasteiger partial charge in [-0.15, -0.1) is 0 Å². The summed E-state index contributed by atoms with van der Waals surface area (Å²) in [6.45, 7) is 8.59. The molecule has 21 heavy (non-hydrogen) atoms. The average Bonchev–Trinajstić information content (AvgIpc) is 2.49. The van der Waals surface area contributed by atoms with E-state index in [0.29, 0.717) is 6.61 Å². The Bertz CT molecular complexity index is 564. The maximum Gasteiger partial charge on any atom is 0.131 e. The van der Waals surface area contributed by atoms with Crippen LogP contribution in [0.1, 0.15) is 25.0 Å². The minimum atomic E-state index is 0.672. The molecule has 0 aliphatic rings. The summed E-state index contributed by atoms with van der Waals surface area (Å²) >= 11 is 0. The van der Waals surface area contributed by atoms with Crippen molar-refractivity contribution in [1.29, 1.82) is 0 Å². The van der Waals surface area contributed by atoms with Gasteiger partial charge < -0.3 is 14.8 Å². The normalized spacial score (nSPS) is 10.4. The van der Waals surface area contributed by atoms with Gasteiger partial charge in [0.15, 0.2) is 0 Å². The molecule has 0 bridgehead atoms. The lowest BCUT2D eigenvalue weighted by molar-refractivity contribution is 0.339. The van der Waals surface area contributed by atoms with Crippen LogP contribution in [0.25, 0.3) is 0 Å². The molecule has 112 valence electrons. The molecule has 2 rings (SSSR count). The molecule has 0 aromatic heterocycles. The zero-order valence-corrected chi connectivity index (χ0v) is 13.0. The van der Waals surface area contributed by atoms with Crippen LogP contribution >= 0.6 is 0 Å². The zero-order chi connectivity index (χ0) is 15.1. The third-order valence-electron chi connectivity index (χ3n) is 3.14. The summed E-state index contributed by atoms with van der Waals surface area (Å²) in [7, 11) is 0. The molecule has 0 aliphatic carbocycles. The molecule has 0 amide bonds. The summed E-state index contributed by atoms with van der Waals surface area (Å²) < 4.78 is 11.4. The Kier molecular flexibility index (Phi) is 5.64. The molecule has 3 nitrogen and oxygen atoms in total. The third-order valence-corrected chi connectivity index (χ3v) is 3.14. The molecule has 0 saturated heterocycles. The predicted molar refractivity (Wildman–Crippen MR) is 86.2 cm³/mol. The van der Waals surface area contributed by atoms with Crippen LogP contribution in [-0.4, -0.2) is 13.2 Å². The molecular formula is C18H23NO2. The molecule has 0 unspecified atom stereocenters. The SMILES string of the molecule is CCNCc1cc(C)ccc1Oc1ccc(OCC)cc1. The highest BCUT2D eigenvalue weighted by atomic mass is 16.5. The van der Waals surface area contributed by atoms with Crippen LogP contribution in [-0.2, 0) is 6.54 Å². The Morgan fingerprint density at radius 3 is 2.33 bits per heavy atom. The largest absolute Gasteiger partial charge is 0.494 e. The summed E-state index contributed by atoms with van der Waals surface area (Å²) in [5.41, 5.74) is 2.41. The van der Waals surface area contributed by atoms with Crippen LogP contribution < -0.4 is 14.8 Å². The zero-order valence-electron chi connectivity index (χ0n) is 13.0. The van der Waals surface area contributed by atoms with E-state index in [1.165, 1.54) is 11.1 Å². The van der Waals surface area contributed by atoms with Gasteiger partial charge in [0.1, 0.15) is 17.2 Å². The van der Waals surface area contributed by atoms with Crippen molar-refractivity contribution in [1.82, 2.24) is 5.32 Å². The number of ether oxygens (including phenoxy) is 2. The Balaban J connectivity index is 2.14. The fraction of sp³-hybridized carbons (Fsp3) is 0.333. The van der Waals surface area contributed by atoms with Gasteiger partial charge in [-0.25, -0.2) is 0 Å². The van der Waals surface area contributed by atoms with Gasteiger partial charge in [0.05, 0.1) is 6.61 Å². The topological polar surface area (TPSA) is 30.5 Å². The van der Waals surface area contributed by atoms with E-state index in [1.807, 2.05) is 37.3 Å². The van der Waals surface area contributed by atoms with Crippen molar-refractivity contribution in [2.45, 2.75) is 27.3 Å². The molecule has 2 aromatic carbocycles. The van der Waals surface area contributed by atoms with Crippen molar-refractivity contribution in [2.24, 2.45) is 0 Å². The lowest BCUT2D eigenvalue weighted by atomic mass is 10.1. The van der Waals surface area contributed by atoms with Crippen molar-refractivity contribution < 1.29 is 9.47 Å². The monoisotopic (exact) mass is 285 g/mol. The van der Waals surface area contributed by atoms with Crippen LogP contribution in [0, 0.1) is 6.92 Å². The first-order chi connectivity index (χ1) is 10.2. The lowest BCUT2D eigenvalue weighted by Gasteiger charge is -2.13. The number of hydrogen-bond donors (Lipinski definition) is 1. The van der Waals surface area contributed by atoms with E-state index in [1.54, 1.807) is 0 Å². The molecule has 2 aromatic rings. The molecule has 0 aliphatic heterocycles. The van der Waals surface area contributed by atoms with Gasteiger partial charge in [0, 0.05) is 12.1 Å². The van der Waals surface area contributed by atoms with Gasteiger partial charge in [-0.2, -0.15) is 0 Å². The predicted octanol–water partition coefficient (Wildman–Crippen LogP) is 4.30. The Morgan fingerprint density at radius 1 is 0.952 bits per heavy atom. The van der Waals surface area contributed by atoms with E-state index < -0.39 is 0 Å². The second-order valence-corrected chi connectivity index (χ2v) is 4.90. The minimum absolute atomic E-state index is 0.672. The fourth-order valence-corrected chi connectivity index (χ4v) is 2.10. The lowest BCUT2D eigenvalue weighted by Crippen LogP contribution is -2.12. The number of rotatable bonds is 7. The average molecular weight is 285 g/mol. The van der Waals surface area contributed by atoms with E-state index in [9.17, 15) is 0 Å². The van der Waals surface area contributed by atoms with Crippen LogP contribution in [0.15, 0.2) is 42.5 Å². The Labute approximate surface area is 126 Å². The maximum atomic E-state index is 6.00. The summed E-state index contributed by atoms with van der Waals surface area (Å²) in [4.78, 5) is 0. The van der Waals surface area contributed by atoms with Crippen molar-refractivity contribution in [3.8, 4) is 17.2 Å². The third kappa shape index (κ3) is 4.50. The van der Waals surface area contributed by atoms with Crippen LogP contribution in [0.4, 0.5) is 0 Å². The molecule has 3 heteroatoms. The highest BCUT2D eigenvalue weighted by Crippen LogP contribution is 2.27. The summed E-state index contributed by atoms with van der Waals surface area (Å²) in [6.07, 6.45) is 0. The number of hydrogen-bond acceptors (Lipinski definition) is 3. The van der Waals surface area contributed by atoms with Crippen LogP contribution in [0.2, 0.25) is 0 Å². The highest BCUT2D eigenvalue weighted by Gasteiger charge is 2.05. The fourth-order valence-electron chi connectivity index (χ4n) is 2.10.